The van der Waals surface area contributed by atoms with Gasteiger partial charge in [-0.2, -0.15) is 0 Å². The Morgan fingerprint density at radius 3 is 2.80 bits per heavy atom. The first kappa shape index (κ1) is 14.0. The number of aromatic nitrogens is 2. The smallest absolute Gasteiger partial charge is 0.313 e. The van der Waals surface area contributed by atoms with Gasteiger partial charge in [-0.3, -0.25) is 14.2 Å². The van der Waals surface area contributed by atoms with Gasteiger partial charge in [-0.15, -0.1) is 0 Å². The van der Waals surface area contributed by atoms with Crippen molar-refractivity contribution in [1.29, 1.82) is 0 Å². The van der Waals surface area contributed by atoms with Crippen molar-refractivity contribution in [1.82, 2.24) is 9.55 Å². The molecule has 1 heterocycles. The highest BCUT2D eigenvalue weighted by Crippen LogP contribution is 2.20. The number of rotatable bonds is 3. The standard InChI is InChI=1S/C14H16N2O4/c1-14(2,13(19)20-3)7-16-8-15-11-5-4-9(17)6-10(11)12(16)18/h4-6,8,17H,7H2,1-3H3. The summed E-state index contributed by atoms with van der Waals surface area (Å²) in [5.74, 6) is -0.401. The van der Waals surface area contributed by atoms with Crippen LogP contribution < -0.4 is 5.56 Å². The van der Waals surface area contributed by atoms with Crippen molar-refractivity contribution >= 4 is 16.9 Å². The monoisotopic (exact) mass is 276 g/mol. The normalized spacial score (nSPS) is 11.6. The predicted molar refractivity (Wildman–Crippen MR) is 73.5 cm³/mol. The summed E-state index contributed by atoms with van der Waals surface area (Å²) in [6.07, 6.45) is 1.40. The summed E-state index contributed by atoms with van der Waals surface area (Å²) < 4.78 is 6.06. The number of methoxy groups -OCH3 is 1. The van der Waals surface area contributed by atoms with Gasteiger partial charge in [0.05, 0.1) is 29.8 Å². The number of hydrogen-bond donors (Lipinski definition) is 1. The Morgan fingerprint density at radius 2 is 2.15 bits per heavy atom. The third kappa shape index (κ3) is 2.49. The summed E-state index contributed by atoms with van der Waals surface area (Å²) in [4.78, 5) is 28.2. The summed E-state index contributed by atoms with van der Waals surface area (Å²) in [5, 5.41) is 9.77. The maximum absolute atomic E-state index is 12.3. The van der Waals surface area contributed by atoms with Gasteiger partial charge in [0.15, 0.2) is 0 Å². The van der Waals surface area contributed by atoms with Crippen LogP contribution in [-0.4, -0.2) is 27.7 Å². The van der Waals surface area contributed by atoms with E-state index in [1.54, 1.807) is 19.9 Å². The van der Waals surface area contributed by atoms with E-state index in [1.807, 2.05) is 0 Å². The maximum Gasteiger partial charge on any atom is 0.313 e. The number of aromatic hydroxyl groups is 1. The van der Waals surface area contributed by atoms with Crippen LogP contribution in [0.25, 0.3) is 10.9 Å². The number of ether oxygens (including phenoxy) is 1. The molecule has 0 aliphatic heterocycles. The molecule has 0 bridgehead atoms. The molecule has 1 aromatic carbocycles. The van der Waals surface area contributed by atoms with Crippen LogP contribution >= 0.6 is 0 Å². The molecule has 2 rings (SSSR count). The van der Waals surface area contributed by atoms with Gasteiger partial charge in [0.1, 0.15) is 5.75 Å². The lowest BCUT2D eigenvalue weighted by atomic mass is 9.93. The molecule has 0 saturated heterocycles. The highest BCUT2D eigenvalue weighted by Gasteiger charge is 2.29. The molecule has 0 fully saturated rings. The van der Waals surface area contributed by atoms with Crippen molar-refractivity contribution in [2.75, 3.05) is 7.11 Å². The summed E-state index contributed by atoms with van der Waals surface area (Å²) in [7, 11) is 1.31. The number of carbonyl (C=O) groups excluding carboxylic acids is 1. The zero-order valence-corrected chi connectivity index (χ0v) is 11.6. The second kappa shape index (κ2) is 4.96. The van der Waals surface area contributed by atoms with Crippen LogP contribution in [0.1, 0.15) is 13.8 Å². The number of fused-ring (bicyclic) bond motifs is 1. The van der Waals surface area contributed by atoms with Gasteiger partial charge in [-0.25, -0.2) is 4.98 Å². The molecule has 0 aliphatic carbocycles. The summed E-state index contributed by atoms with van der Waals surface area (Å²) in [5.41, 5.74) is -0.645. The molecule has 106 valence electrons. The molecule has 20 heavy (non-hydrogen) atoms. The fraction of sp³-hybridized carbons (Fsp3) is 0.357. The first-order chi connectivity index (χ1) is 9.35. The molecular weight excluding hydrogens is 260 g/mol. The molecule has 0 atom stereocenters. The molecule has 0 spiro atoms. The van der Waals surface area contributed by atoms with Gasteiger partial charge in [-0.1, -0.05) is 0 Å². The number of phenolic OH excluding ortho intramolecular Hbond substituents is 1. The minimum absolute atomic E-state index is 0.00128. The number of benzene rings is 1. The summed E-state index contributed by atoms with van der Waals surface area (Å²) >= 11 is 0. The number of hydrogen-bond acceptors (Lipinski definition) is 5. The number of phenols is 1. The van der Waals surface area contributed by atoms with Gasteiger partial charge >= 0.3 is 5.97 Å². The molecule has 1 aromatic heterocycles. The molecule has 0 aliphatic rings. The Bertz CT molecular complexity index is 719. The van der Waals surface area contributed by atoms with Crippen molar-refractivity contribution in [3.63, 3.8) is 0 Å². The molecule has 1 N–H and O–H groups in total. The molecule has 0 amide bonds. The van der Waals surface area contributed by atoms with E-state index in [9.17, 15) is 14.7 Å². The van der Waals surface area contributed by atoms with E-state index >= 15 is 0 Å². The number of esters is 1. The Morgan fingerprint density at radius 1 is 1.45 bits per heavy atom. The third-order valence-corrected chi connectivity index (χ3v) is 3.11. The van der Waals surface area contributed by atoms with Gasteiger partial charge in [0.2, 0.25) is 0 Å². The van der Waals surface area contributed by atoms with Gasteiger partial charge in [0.25, 0.3) is 5.56 Å². The van der Waals surface area contributed by atoms with E-state index in [-0.39, 0.29) is 17.9 Å². The van der Waals surface area contributed by atoms with Crippen molar-refractivity contribution in [3.8, 4) is 5.75 Å². The summed E-state index contributed by atoms with van der Waals surface area (Å²) in [6.45, 7) is 3.53. The van der Waals surface area contributed by atoms with E-state index in [2.05, 4.69) is 4.98 Å². The second-order valence-electron chi connectivity index (χ2n) is 5.25. The Labute approximate surface area is 115 Å². The lowest BCUT2D eigenvalue weighted by molar-refractivity contribution is -0.151. The lowest BCUT2D eigenvalue weighted by Crippen LogP contribution is -2.35. The van der Waals surface area contributed by atoms with Crippen LogP contribution in [0.4, 0.5) is 0 Å². The SMILES string of the molecule is COC(=O)C(C)(C)Cn1cnc2ccc(O)cc2c1=O. The largest absolute Gasteiger partial charge is 0.508 e. The Kier molecular flexibility index (Phi) is 3.48. The topological polar surface area (TPSA) is 81.4 Å². The highest BCUT2D eigenvalue weighted by molar-refractivity contribution is 5.79. The lowest BCUT2D eigenvalue weighted by Gasteiger charge is -2.22. The molecule has 6 heteroatoms. The second-order valence-corrected chi connectivity index (χ2v) is 5.25. The molecular formula is C14H16N2O4. The first-order valence-electron chi connectivity index (χ1n) is 6.12. The fourth-order valence-corrected chi connectivity index (χ4v) is 2.03. The van der Waals surface area contributed by atoms with Gasteiger partial charge < -0.3 is 9.84 Å². The minimum atomic E-state index is -0.843. The van der Waals surface area contributed by atoms with E-state index in [4.69, 9.17) is 4.74 Å². The van der Waals surface area contributed by atoms with Crippen LogP contribution in [0.5, 0.6) is 5.75 Å². The van der Waals surface area contributed by atoms with Crippen molar-refractivity contribution in [2.45, 2.75) is 20.4 Å². The number of carbonyl (C=O) groups is 1. The van der Waals surface area contributed by atoms with Crippen molar-refractivity contribution in [3.05, 3.63) is 34.9 Å². The first-order valence-corrected chi connectivity index (χ1v) is 6.12. The van der Waals surface area contributed by atoms with Crippen LogP contribution in [0.2, 0.25) is 0 Å². The molecule has 6 nitrogen and oxygen atoms in total. The average Bonchev–Trinajstić information content (AvgIpc) is 2.41. The molecule has 0 unspecified atom stereocenters. The average molecular weight is 276 g/mol. The summed E-state index contributed by atoms with van der Waals surface area (Å²) in [6, 6.07) is 4.41. The zero-order valence-electron chi connectivity index (χ0n) is 11.6. The van der Waals surface area contributed by atoms with Gasteiger partial charge in [0, 0.05) is 6.54 Å². The van der Waals surface area contributed by atoms with Gasteiger partial charge in [-0.05, 0) is 32.0 Å². The van der Waals surface area contributed by atoms with E-state index in [1.165, 1.54) is 30.1 Å². The number of nitrogens with zero attached hydrogens (tertiary/aromatic N) is 2. The fourth-order valence-electron chi connectivity index (χ4n) is 2.03. The van der Waals surface area contributed by atoms with Crippen LogP contribution in [0, 0.1) is 5.41 Å². The third-order valence-electron chi connectivity index (χ3n) is 3.11. The molecule has 0 saturated carbocycles. The maximum atomic E-state index is 12.3. The Hall–Kier alpha value is -2.37. The zero-order chi connectivity index (χ0) is 14.9. The van der Waals surface area contributed by atoms with E-state index < -0.39 is 11.4 Å². The minimum Gasteiger partial charge on any atom is -0.508 e. The predicted octanol–water partition coefficient (Wildman–Crippen LogP) is 1.30. The van der Waals surface area contributed by atoms with Crippen LogP contribution in [0.15, 0.2) is 29.3 Å². The Balaban J connectivity index is 2.49. The van der Waals surface area contributed by atoms with E-state index in [0.29, 0.717) is 10.9 Å². The van der Waals surface area contributed by atoms with Crippen LogP contribution in [0.3, 0.4) is 0 Å². The van der Waals surface area contributed by atoms with Crippen molar-refractivity contribution < 1.29 is 14.6 Å². The molecule has 2 aromatic rings. The highest BCUT2D eigenvalue weighted by atomic mass is 16.5. The van der Waals surface area contributed by atoms with Crippen LogP contribution in [-0.2, 0) is 16.1 Å². The quantitative estimate of drug-likeness (QED) is 0.855. The van der Waals surface area contributed by atoms with E-state index in [0.717, 1.165) is 0 Å². The van der Waals surface area contributed by atoms with Crippen molar-refractivity contribution in [2.24, 2.45) is 5.41 Å². The molecule has 0 radical (unpaired) electrons.